The number of halogens is 1. The highest BCUT2D eigenvalue weighted by Gasteiger charge is 2.09. The van der Waals surface area contributed by atoms with Gasteiger partial charge in [-0.05, 0) is 30.3 Å². The molecule has 0 bridgehead atoms. The fourth-order valence-corrected chi connectivity index (χ4v) is 1.33. The topological polar surface area (TPSA) is 68.0 Å². The Labute approximate surface area is 97.3 Å². The molecule has 3 N–H and O–H groups in total. The number of amides is 1. The van der Waals surface area contributed by atoms with Crippen molar-refractivity contribution in [2.75, 3.05) is 11.1 Å². The fraction of sp³-hybridized carbons (Fsp3) is 0. The molecule has 0 saturated heterocycles. The van der Waals surface area contributed by atoms with E-state index in [-0.39, 0.29) is 17.3 Å². The molecule has 1 amide bonds. The van der Waals surface area contributed by atoms with Crippen LogP contribution < -0.4 is 11.1 Å². The Balaban J connectivity index is 2.17. The van der Waals surface area contributed by atoms with E-state index in [2.05, 4.69) is 10.3 Å². The first kappa shape index (κ1) is 11.1. The number of anilines is 2. The molecule has 0 aliphatic rings. The number of rotatable bonds is 2. The largest absolute Gasteiger partial charge is 0.398 e. The summed E-state index contributed by atoms with van der Waals surface area (Å²) < 4.78 is 12.7. The van der Waals surface area contributed by atoms with Crippen LogP contribution in [0.1, 0.15) is 10.4 Å². The molecule has 0 saturated carbocycles. The van der Waals surface area contributed by atoms with Crippen LogP contribution in [0.2, 0.25) is 0 Å². The maximum absolute atomic E-state index is 12.7. The summed E-state index contributed by atoms with van der Waals surface area (Å²) in [5.41, 5.74) is 6.77. The average molecular weight is 231 g/mol. The molecule has 4 nitrogen and oxygen atoms in total. The highest BCUT2D eigenvalue weighted by molar-refractivity contribution is 6.07. The zero-order chi connectivity index (χ0) is 12.3. The molecule has 1 aromatic heterocycles. The summed E-state index contributed by atoms with van der Waals surface area (Å²) >= 11 is 0. The van der Waals surface area contributed by atoms with E-state index in [4.69, 9.17) is 5.73 Å². The van der Waals surface area contributed by atoms with Crippen LogP contribution in [-0.4, -0.2) is 10.9 Å². The van der Waals surface area contributed by atoms with Crippen molar-refractivity contribution >= 4 is 17.3 Å². The number of nitrogens with zero attached hydrogens (tertiary/aromatic N) is 1. The van der Waals surface area contributed by atoms with E-state index in [9.17, 15) is 9.18 Å². The molecule has 0 aliphatic heterocycles. The van der Waals surface area contributed by atoms with Gasteiger partial charge in [-0.1, -0.05) is 0 Å². The third kappa shape index (κ3) is 2.57. The summed E-state index contributed by atoms with van der Waals surface area (Å²) in [7, 11) is 0. The normalized spacial score (nSPS) is 9.94. The minimum atomic E-state index is -0.373. The summed E-state index contributed by atoms with van der Waals surface area (Å²) in [5, 5.41) is 2.60. The van der Waals surface area contributed by atoms with Gasteiger partial charge in [0.05, 0.1) is 5.56 Å². The zero-order valence-electron chi connectivity index (χ0n) is 8.85. The van der Waals surface area contributed by atoms with Gasteiger partial charge in [0.25, 0.3) is 5.91 Å². The Hall–Kier alpha value is -2.43. The van der Waals surface area contributed by atoms with E-state index in [0.717, 1.165) is 0 Å². The van der Waals surface area contributed by atoms with Crippen molar-refractivity contribution in [3.8, 4) is 0 Å². The quantitative estimate of drug-likeness (QED) is 0.831. The van der Waals surface area contributed by atoms with Gasteiger partial charge in [0.2, 0.25) is 0 Å². The zero-order valence-corrected chi connectivity index (χ0v) is 8.85. The smallest absolute Gasteiger partial charge is 0.259 e. The standard InChI is InChI=1S/C12H10FN3O/c13-8-1-3-9(4-2-8)16-12(17)10-7-15-6-5-11(10)14/h1-7H,(H2,14,15)(H,16,17). The van der Waals surface area contributed by atoms with Crippen LogP contribution in [0.15, 0.2) is 42.7 Å². The van der Waals surface area contributed by atoms with Crippen LogP contribution in [-0.2, 0) is 0 Å². The predicted molar refractivity (Wildman–Crippen MR) is 63.0 cm³/mol. The van der Waals surface area contributed by atoms with Crippen LogP contribution >= 0.6 is 0 Å². The van der Waals surface area contributed by atoms with Crippen LogP contribution in [0.4, 0.5) is 15.8 Å². The van der Waals surface area contributed by atoms with Crippen molar-refractivity contribution in [1.29, 1.82) is 0 Å². The van der Waals surface area contributed by atoms with E-state index in [1.54, 1.807) is 6.07 Å². The van der Waals surface area contributed by atoms with Crippen molar-refractivity contribution in [1.82, 2.24) is 4.98 Å². The molecule has 0 atom stereocenters. The van der Waals surface area contributed by atoms with Gasteiger partial charge in [0, 0.05) is 23.8 Å². The molecule has 0 aliphatic carbocycles. The molecule has 2 aromatic rings. The SMILES string of the molecule is Nc1ccncc1C(=O)Nc1ccc(F)cc1. The number of nitrogens with two attached hydrogens (primary N) is 1. The van der Waals surface area contributed by atoms with Gasteiger partial charge < -0.3 is 11.1 Å². The van der Waals surface area contributed by atoms with Crippen molar-refractivity contribution in [3.05, 3.63) is 54.1 Å². The number of hydrogen-bond donors (Lipinski definition) is 2. The van der Waals surface area contributed by atoms with Gasteiger partial charge in [-0.25, -0.2) is 4.39 Å². The van der Waals surface area contributed by atoms with E-state index in [0.29, 0.717) is 11.4 Å². The number of pyridine rings is 1. The van der Waals surface area contributed by atoms with Crippen molar-refractivity contribution in [2.45, 2.75) is 0 Å². The molecule has 86 valence electrons. The van der Waals surface area contributed by atoms with Crippen molar-refractivity contribution in [2.24, 2.45) is 0 Å². The molecule has 17 heavy (non-hydrogen) atoms. The van der Waals surface area contributed by atoms with Crippen LogP contribution in [0, 0.1) is 5.82 Å². The fourth-order valence-electron chi connectivity index (χ4n) is 1.33. The number of carbonyl (C=O) groups is 1. The lowest BCUT2D eigenvalue weighted by Crippen LogP contribution is -2.14. The minimum Gasteiger partial charge on any atom is -0.398 e. The average Bonchev–Trinajstić information content (AvgIpc) is 2.32. The number of nitrogen functional groups attached to an aromatic ring is 1. The lowest BCUT2D eigenvalue weighted by Gasteiger charge is -2.06. The lowest BCUT2D eigenvalue weighted by molar-refractivity contribution is 0.102. The number of benzene rings is 1. The first-order valence-corrected chi connectivity index (χ1v) is 4.93. The lowest BCUT2D eigenvalue weighted by atomic mass is 10.2. The molecule has 0 spiro atoms. The number of hydrogen-bond acceptors (Lipinski definition) is 3. The predicted octanol–water partition coefficient (Wildman–Crippen LogP) is 2.06. The van der Waals surface area contributed by atoms with Crippen LogP contribution in [0.3, 0.4) is 0 Å². The third-order valence-electron chi connectivity index (χ3n) is 2.20. The minimum absolute atomic E-state index is 0.289. The maximum Gasteiger partial charge on any atom is 0.259 e. The summed E-state index contributed by atoms with van der Waals surface area (Å²) in [6.45, 7) is 0. The third-order valence-corrected chi connectivity index (χ3v) is 2.20. The molecule has 2 rings (SSSR count). The Morgan fingerprint density at radius 2 is 1.94 bits per heavy atom. The van der Waals surface area contributed by atoms with Gasteiger partial charge in [-0.15, -0.1) is 0 Å². The highest BCUT2D eigenvalue weighted by Crippen LogP contribution is 2.13. The highest BCUT2D eigenvalue weighted by atomic mass is 19.1. The first-order valence-electron chi connectivity index (χ1n) is 4.93. The molecule has 0 radical (unpaired) electrons. The second-order valence-electron chi connectivity index (χ2n) is 3.42. The molecule has 5 heteroatoms. The molecule has 0 unspecified atom stereocenters. The maximum atomic E-state index is 12.7. The van der Waals surface area contributed by atoms with Gasteiger partial charge >= 0.3 is 0 Å². The van der Waals surface area contributed by atoms with E-state index >= 15 is 0 Å². The van der Waals surface area contributed by atoms with Gasteiger partial charge in [-0.2, -0.15) is 0 Å². The van der Waals surface area contributed by atoms with Crippen molar-refractivity contribution in [3.63, 3.8) is 0 Å². The Morgan fingerprint density at radius 3 is 2.59 bits per heavy atom. The van der Waals surface area contributed by atoms with Gasteiger partial charge in [0.1, 0.15) is 5.82 Å². The molecule has 0 fully saturated rings. The number of carbonyl (C=O) groups excluding carboxylic acids is 1. The molecular formula is C12H10FN3O. The van der Waals surface area contributed by atoms with Crippen molar-refractivity contribution < 1.29 is 9.18 Å². The van der Waals surface area contributed by atoms with E-state index in [1.807, 2.05) is 0 Å². The van der Waals surface area contributed by atoms with E-state index < -0.39 is 0 Å². The van der Waals surface area contributed by atoms with Gasteiger partial charge in [-0.3, -0.25) is 9.78 Å². The Kier molecular flexibility index (Phi) is 3.00. The number of nitrogens with one attached hydrogen (secondary N) is 1. The summed E-state index contributed by atoms with van der Waals surface area (Å²) in [5.74, 6) is -0.730. The van der Waals surface area contributed by atoms with E-state index in [1.165, 1.54) is 36.7 Å². The molecule has 1 aromatic carbocycles. The molecular weight excluding hydrogens is 221 g/mol. The monoisotopic (exact) mass is 231 g/mol. The Bertz CT molecular complexity index is 540. The summed E-state index contributed by atoms with van der Waals surface area (Å²) in [4.78, 5) is 15.6. The second kappa shape index (κ2) is 4.61. The van der Waals surface area contributed by atoms with Crippen LogP contribution in [0.25, 0.3) is 0 Å². The van der Waals surface area contributed by atoms with Crippen LogP contribution in [0.5, 0.6) is 0 Å². The number of aromatic nitrogens is 1. The summed E-state index contributed by atoms with van der Waals surface area (Å²) in [6, 6.07) is 7.02. The molecule has 1 heterocycles. The second-order valence-corrected chi connectivity index (χ2v) is 3.42. The van der Waals surface area contributed by atoms with Gasteiger partial charge in [0.15, 0.2) is 0 Å². The Morgan fingerprint density at radius 1 is 1.24 bits per heavy atom. The summed E-state index contributed by atoms with van der Waals surface area (Å²) in [6.07, 6.45) is 2.89. The first-order chi connectivity index (χ1) is 8.16.